The van der Waals surface area contributed by atoms with Crippen molar-refractivity contribution in [2.24, 2.45) is 5.92 Å². The maximum Gasteiger partial charge on any atom is 0.101 e. The molecule has 1 aromatic carbocycles. The van der Waals surface area contributed by atoms with E-state index >= 15 is 0 Å². The minimum atomic E-state index is 0.204. The third-order valence-electron chi connectivity index (χ3n) is 3.71. The van der Waals surface area contributed by atoms with Gasteiger partial charge in [-0.25, -0.2) is 0 Å². The quantitative estimate of drug-likeness (QED) is 0.712. The van der Waals surface area contributed by atoms with Crippen LogP contribution in [-0.4, -0.2) is 17.8 Å². The Labute approximate surface area is 107 Å². The van der Waals surface area contributed by atoms with E-state index in [1.54, 1.807) is 6.07 Å². The highest BCUT2D eigenvalue weighted by atomic mass is 16.3. The van der Waals surface area contributed by atoms with Crippen LogP contribution in [0.15, 0.2) is 18.2 Å². The lowest BCUT2D eigenvalue weighted by Crippen LogP contribution is -2.34. The minimum Gasteiger partial charge on any atom is -0.396 e. The molecular formula is C14H19N3O. The van der Waals surface area contributed by atoms with Gasteiger partial charge >= 0.3 is 0 Å². The van der Waals surface area contributed by atoms with E-state index in [0.717, 1.165) is 18.5 Å². The number of nitrogens with zero attached hydrogens (tertiary/aromatic N) is 1. The molecule has 2 rings (SSSR count). The predicted octanol–water partition coefficient (Wildman–Crippen LogP) is 2.10. The van der Waals surface area contributed by atoms with Crippen LogP contribution in [0.25, 0.3) is 0 Å². The van der Waals surface area contributed by atoms with Gasteiger partial charge in [0.05, 0.1) is 16.9 Å². The summed E-state index contributed by atoms with van der Waals surface area (Å²) in [5, 5.41) is 21.7. The predicted molar refractivity (Wildman–Crippen MR) is 72.0 cm³/mol. The molecule has 0 saturated heterocycles. The highest BCUT2D eigenvalue weighted by Gasteiger charge is 2.24. The molecule has 0 aliphatic heterocycles. The fraction of sp³-hybridized carbons (Fsp3) is 0.500. The van der Waals surface area contributed by atoms with Gasteiger partial charge in [-0.3, -0.25) is 0 Å². The van der Waals surface area contributed by atoms with Crippen molar-refractivity contribution < 1.29 is 5.11 Å². The summed E-state index contributed by atoms with van der Waals surface area (Å²) in [7, 11) is 0. The number of nitrogen functional groups attached to an aromatic ring is 1. The summed E-state index contributed by atoms with van der Waals surface area (Å²) in [6.45, 7) is 0.204. The van der Waals surface area contributed by atoms with E-state index in [0.29, 0.717) is 11.3 Å². The monoisotopic (exact) mass is 245 g/mol. The first-order valence-corrected chi connectivity index (χ1v) is 6.42. The van der Waals surface area contributed by atoms with E-state index in [9.17, 15) is 5.11 Å². The fourth-order valence-corrected chi connectivity index (χ4v) is 2.60. The van der Waals surface area contributed by atoms with E-state index in [1.165, 1.54) is 12.8 Å². The molecule has 0 aromatic heterocycles. The topological polar surface area (TPSA) is 82.1 Å². The number of nitriles is 1. The van der Waals surface area contributed by atoms with Gasteiger partial charge in [-0.05, 0) is 25.0 Å². The van der Waals surface area contributed by atoms with E-state index in [-0.39, 0.29) is 18.6 Å². The number of hydrogen-bond acceptors (Lipinski definition) is 4. The summed E-state index contributed by atoms with van der Waals surface area (Å²) in [5.41, 5.74) is 7.75. The maximum atomic E-state index is 9.39. The summed E-state index contributed by atoms with van der Waals surface area (Å²) >= 11 is 0. The van der Waals surface area contributed by atoms with Crippen LogP contribution in [0.4, 0.5) is 11.4 Å². The van der Waals surface area contributed by atoms with Crippen LogP contribution < -0.4 is 11.1 Å². The van der Waals surface area contributed by atoms with Gasteiger partial charge in [0.2, 0.25) is 0 Å². The molecule has 1 aliphatic carbocycles. The fourth-order valence-electron chi connectivity index (χ4n) is 2.60. The third-order valence-corrected chi connectivity index (χ3v) is 3.71. The van der Waals surface area contributed by atoms with Crippen LogP contribution in [-0.2, 0) is 0 Å². The number of aliphatic hydroxyl groups excluding tert-OH is 1. The zero-order valence-corrected chi connectivity index (χ0v) is 10.4. The molecule has 0 bridgehead atoms. The van der Waals surface area contributed by atoms with Gasteiger partial charge < -0.3 is 16.2 Å². The number of nitrogens with one attached hydrogen (secondary N) is 1. The SMILES string of the molecule is N#Cc1cccc(NC2CCCCC2CO)c1N. The van der Waals surface area contributed by atoms with Crippen LogP contribution in [0.2, 0.25) is 0 Å². The lowest BCUT2D eigenvalue weighted by atomic mass is 9.85. The van der Waals surface area contributed by atoms with Crippen molar-refractivity contribution in [3.63, 3.8) is 0 Å². The second-order valence-electron chi connectivity index (χ2n) is 4.86. The molecule has 1 aromatic rings. The van der Waals surface area contributed by atoms with Crippen LogP contribution >= 0.6 is 0 Å². The smallest absolute Gasteiger partial charge is 0.101 e. The summed E-state index contributed by atoms with van der Waals surface area (Å²) < 4.78 is 0. The standard InChI is InChI=1S/C14H19N3O/c15-8-10-5-3-7-13(14(10)16)17-12-6-2-1-4-11(12)9-18/h3,5,7,11-12,17-18H,1-2,4,6,9,16H2. The van der Waals surface area contributed by atoms with Crippen molar-refractivity contribution in [3.8, 4) is 6.07 Å². The highest BCUT2D eigenvalue weighted by Crippen LogP contribution is 2.30. The Morgan fingerprint density at radius 1 is 1.39 bits per heavy atom. The Balaban J connectivity index is 2.15. The van der Waals surface area contributed by atoms with Crippen molar-refractivity contribution in [1.29, 1.82) is 5.26 Å². The van der Waals surface area contributed by atoms with Crippen molar-refractivity contribution >= 4 is 11.4 Å². The maximum absolute atomic E-state index is 9.39. The first kappa shape index (κ1) is 12.7. The molecule has 2 atom stereocenters. The van der Waals surface area contributed by atoms with Gasteiger partial charge in [0, 0.05) is 18.6 Å². The van der Waals surface area contributed by atoms with Crippen molar-refractivity contribution in [2.75, 3.05) is 17.7 Å². The Bertz CT molecular complexity index is 453. The lowest BCUT2D eigenvalue weighted by Gasteiger charge is -2.32. The van der Waals surface area contributed by atoms with Crippen LogP contribution in [0, 0.1) is 17.2 Å². The molecule has 0 spiro atoms. The van der Waals surface area contributed by atoms with E-state index in [1.807, 2.05) is 12.1 Å². The number of para-hydroxylation sites is 1. The Morgan fingerprint density at radius 2 is 2.17 bits per heavy atom. The molecule has 4 heteroatoms. The summed E-state index contributed by atoms with van der Waals surface area (Å²) in [5.74, 6) is 0.281. The molecule has 0 amide bonds. The number of nitrogens with two attached hydrogens (primary N) is 1. The Hall–Kier alpha value is -1.73. The van der Waals surface area contributed by atoms with Gasteiger partial charge in [0.25, 0.3) is 0 Å². The number of benzene rings is 1. The van der Waals surface area contributed by atoms with Crippen molar-refractivity contribution in [2.45, 2.75) is 31.7 Å². The molecular weight excluding hydrogens is 226 g/mol. The number of rotatable bonds is 3. The highest BCUT2D eigenvalue weighted by molar-refractivity contribution is 5.73. The van der Waals surface area contributed by atoms with Crippen LogP contribution in [0.5, 0.6) is 0 Å². The molecule has 1 aliphatic rings. The number of anilines is 2. The normalized spacial score (nSPS) is 23.3. The molecule has 0 heterocycles. The van der Waals surface area contributed by atoms with Crippen LogP contribution in [0.1, 0.15) is 31.2 Å². The molecule has 1 saturated carbocycles. The lowest BCUT2D eigenvalue weighted by molar-refractivity contribution is 0.178. The molecule has 2 unspecified atom stereocenters. The zero-order chi connectivity index (χ0) is 13.0. The van der Waals surface area contributed by atoms with Crippen LogP contribution in [0.3, 0.4) is 0 Å². The van der Waals surface area contributed by atoms with Gasteiger partial charge in [0.15, 0.2) is 0 Å². The Kier molecular flexibility index (Phi) is 4.06. The average Bonchev–Trinajstić information content (AvgIpc) is 2.42. The average molecular weight is 245 g/mol. The summed E-state index contributed by atoms with van der Waals surface area (Å²) in [6.07, 6.45) is 4.44. The molecule has 4 nitrogen and oxygen atoms in total. The van der Waals surface area contributed by atoms with Gasteiger partial charge in [0.1, 0.15) is 6.07 Å². The van der Waals surface area contributed by atoms with E-state index in [2.05, 4.69) is 11.4 Å². The summed E-state index contributed by atoms with van der Waals surface area (Å²) in [6, 6.07) is 7.76. The first-order chi connectivity index (χ1) is 8.76. The second-order valence-corrected chi connectivity index (χ2v) is 4.86. The molecule has 0 radical (unpaired) electrons. The van der Waals surface area contributed by atoms with Gasteiger partial charge in [-0.2, -0.15) is 5.26 Å². The number of hydrogen-bond donors (Lipinski definition) is 3. The minimum absolute atomic E-state index is 0.204. The molecule has 18 heavy (non-hydrogen) atoms. The first-order valence-electron chi connectivity index (χ1n) is 6.42. The van der Waals surface area contributed by atoms with Crippen molar-refractivity contribution in [1.82, 2.24) is 0 Å². The molecule has 4 N–H and O–H groups in total. The largest absolute Gasteiger partial charge is 0.396 e. The van der Waals surface area contributed by atoms with Gasteiger partial charge in [-0.1, -0.05) is 18.9 Å². The van der Waals surface area contributed by atoms with Crippen molar-refractivity contribution in [3.05, 3.63) is 23.8 Å². The van der Waals surface area contributed by atoms with Gasteiger partial charge in [-0.15, -0.1) is 0 Å². The van der Waals surface area contributed by atoms with E-state index < -0.39 is 0 Å². The van der Waals surface area contributed by atoms with E-state index in [4.69, 9.17) is 11.0 Å². The third kappa shape index (κ3) is 2.57. The summed E-state index contributed by atoms with van der Waals surface area (Å²) in [4.78, 5) is 0. The molecule has 1 fully saturated rings. The zero-order valence-electron chi connectivity index (χ0n) is 10.4. The number of aliphatic hydroxyl groups is 1. The Morgan fingerprint density at radius 3 is 2.89 bits per heavy atom. The molecule has 96 valence electrons. The second kappa shape index (κ2) is 5.74.